The number of hydrogen-bond acceptors (Lipinski definition) is 5. The van der Waals surface area contributed by atoms with Crippen LogP contribution in [-0.4, -0.2) is 24.7 Å². The van der Waals surface area contributed by atoms with E-state index >= 15 is 0 Å². The van der Waals surface area contributed by atoms with Crippen molar-refractivity contribution in [2.45, 2.75) is 24.2 Å². The van der Waals surface area contributed by atoms with Crippen LogP contribution in [0.5, 0.6) is 0 Å². The number of carbonyl (C=O) groups excluding carboxylic acids is 2. The Morgan fingerprint density at radius 1 is 1.40 bits per heavy atom. The lowest BCUT2D eigenvalue weighted by Crippen LogP contribution is -2.13. The number of carbonyl (C=O) groups is 2. The Balaban J connectivity index is 2.02. The number of nitrogen functional groups attached to an aromatic ring is 1. The van der Waals surface area contributed by atoms with Crippen LogP contribution >= 0.6 is 11.8 Å². The first kappa shape index (κ1) is 14.7. The first-order valence-corrected chi connectivity index (χ1v) is 7.33. The first-order valence-electron chi connectivity index (χ1n) is 6.35. The number of anilines is 1. The molecule has 108 valence electrons. The number of nitrogens with two attached hydrogens (primary N) is 2. The molecule has 1 amide bonds. The van der Waals surface area contributed by atoms with Gasteiger partial charge in [-0.2, -0.15) is 0 Å². The first-order chi connectivity index (χ1) is 9.46. The Labute approximate surface area is 122 Å². The van der Waals surface area contributed by atoms with Gasteiger partial charge in [-0.15, -0.1) is 11.8 Å². The second-order valence-electron chi connectivity index (χ2n) is 5.16. The number of amides is 1. The van der Waals surface area contributed by atoms with E-state index in [0.717, 1.165) is 23.5 Å². The minimum absolute atomic E-state index is 0.0208. The third-order valence-electron chi connectivity index (χ3n) is 3.54. The van der Waals surface area contributed by atoms with E-state index in [0.29, 0.717) is 17.7 Å². The molecule has 1 aliphatic rings. The van der Waals surface area contributed by atoms with E-state index in [1.165, 1.54) is 7.11 Å². The second kappa shape index (κ2) is 5.75. The average Bonchev–Trinajstić information content (AvgIpc) is 3.17. The van der Waals surface area contributed by atoms with E-state index in [9.17, 15) is 9.59 Å². The summed E-state index contributed by atoms with van der Waals surface area (Å²) >= 11 is 1.56. The van der Waals surface area contributed by atoms with Gasteiger partial charge in [-0.3, -0.25) is 9.59 Å². The van der Waals surface area contributed by atoms with Gasteiger partial charge in [-0.1, -0.05) is 0 Å². The molecular weight excluding hydrogens is 276 g/mol. The lowest BCUT2D eigenvalue weighted by molar-refractivity contribution is -0.141. The highest BCUT2D eigenvalue weighted by Gasteiger charge is 2.44. The van der Waals surface area contributed by atoms with Crippen molar-refractivity contribution < 1.29 is 14.3 Å². The molecule has 1 aromatic rings. The molecule has 2 rings (SSSR count). The van der Waals surface area contributed by atoms with E-state index in [2.05, 4.69) is 0 Å². The van der Waals surface area contributed by atoms with Crippen LogP contribution in [0.3, 0.4) is 0 Å². The molecule has 1 aromatic carbocycles. The second-order valence-corrected chi connectivity index (χ2v) is 6.18. The summed E-state index contributed by atoms with van der Waals surface area (Å²) in [6.07, 6.45) is 2.47. The number of rotatable bonds is 6. The number of esters is 1. The fourth-order valence-corrected chi connectivity index (χ4v) is 3.27. The Kier molecular flexibility index (Phi) is 4.23. The molecule has 0 unspecified atom stereocenters. The molecule has 1 fully saturated rings. The zero-order valence-electron chi connectivity index (χ0n) is 11.3. The molecule has 6 heteroatoms. The normalized spacial score (nSPS) is 15.7. The molecule has 0 atom stereocenters. The molecule has 0 spiro atoms. The fourth-order valence-electron chi connectivity index (χ4n) is 1.97. The standard InChI is InChI=1S/C14H18N2O3S/c1-19-12(17)7-14(4-5-14)8-20-11-6-9(13(16)18)2-3-10(11)15/h2-3,6H,4-5,7-8,15H2,1H3,(H2,16,18). The number of primary amides is 1. The van der Waals surface area contributed by atoms with Crippen molar-refractivity contribution in [2.75, 3.05) is 18.6 Å². The van der Waals surface area contributed by atoms with Crippen LogP contribution in [0.4, 0.5) is 5.69 Å². The van der Waals surface area contributed by atoms with Crippen molar-refractivity contribution in [3.05, 3.63) is 23.8 Å². The number of benzene rings is 1. The Morgan fingerprint density at radius 3 is 2.65 bits per heavy atom. The molecule has 0 bridgehead atoms. The summed E-state index contributed by atoms with van der Waals surface area (Å²) in [4.78, 5) is 23.4. The molecule has 0 aromatic heterocycles. The van der Waals surface area contributed by atoms with Crippen molar-refractivity contribution in [1.29, 1.82) is 0 Å². The number of methoxy groups -OCH3 is 1. The number of ether oxygens (including phenoxy) is 1. The number of thioether (sulfide) groups is 1. The third-order valence-corrected chi connectivity index (χ3v) is 4.96. The van der Waals surface area contributed by atoms with Crippen LogP contribution in [0, 0.1) is 5.41 Å². The van der Waals surface area contributed by atoms with Crippen molar-refractivity contribution in [2.24, 2.45) is 11.1 Å². The smallest absolute Gasteiger partial charge is 0.306 e. The van der Waals surface area contributed by atoms with Crippen LogP contribution < -0.4 is 11.5 Å². The van der Waals surface area contributed by atoms with Gasteiger partial charge in [0.05, 0.1) is 13.5 Å². The van der Waals surface area contributed by atoms with Crippen molar-refractivity contribution >= 4 is 29.3 Å². The Morgan fingerprint density at radius 2 is 2.10 bits per heavy atom. The van der Waals surface area contributed by atoms with Gasteiger partial charge in [0.1, 0.15) is 0 Å². The molecule has 0 radical (unpaired) electrons. The number of hydrogen-bond donors (Lipinski definition) is 2. The van der Waals surface area contributed by atoms with Gasteiger partial charge < -0.3 is 16.2 Å². The highest BCUT2D eigenvalue weighted by Crippen LogP contribution is 2.52. The van der Waals surface area contributed by atoms with Crippen LogP contribution in [0.25, 0.3) is 0 Å². The predicted octanol–water partition coefficient (Wildman–Crippen LogP) is 1.80. The van der Waals surface area contributed by atoms with Gasteiger partial charge in [0.15, 0.2) is 0 Å². The highest BCUT2D eigenvalue weighted by atomic mass is 32.2. The summed E-state index contributed by atoms with van der Waals surface area (Å²) in [5.41, 5.74) is 12.2. The average molecular weight is 294 g/mol. The summed E-state index contributed by atoms with van der Waals surface area (Å²) in [5.74, 6) is 0.138. The lowest BCUT2D eigenvalue weighted by Gasteiger charge is -2.14. The molecule has 4 N–H and O–H groups in total. The predicted molar refractivity (Wildman–Crippen MR) is 78.4 cm³/mol. The van der Waals surface area contributed by atoms with E-state index in [1.807, 2.05) is 0 Å². The Hall–Kier alpha value is -1.69. The molecule has 20 heavy (non-hydrogen) atoms. The van der Waals surface area contributed by atoms with Gasteiger partial charge in [0, 0.05) is 21.9 Å². The summed E-state index contributed by atoms with van der Waals surface area (Å²) in [6, 6.07) is 5.00. The van der Waals surface area contributed by atoms with Gasteiger partial charge in [0.2, 0.25) is 5.91 Å². The summed E-state index contributed by atoms with van der Waals surface area (Å²) < 4.78 is 4.72. The van der Waals surface area contributed by atoms with E-state index in [-0.39, 0.29) is 11.4 Å². The maximum atomic E-state index is 11.4. The maximum Gasteiger partial charge on any atom is 0.306 e. The maximum absolute atomic E-state index is 11.4. The largest absolute Gasteiger partial charge is 0.469 e. The van der Waals surface area contributed by atoms with Gasteiger partial charge in [-0.25, -0.2) is 0 Å². The summed E-state index contributed by atoms with van der Waals surface area (Å²) in [6.45, 7) is 0. The fraction of sp³-hybridized carbons (Fsp3) is 0.429. The lowest BCUT2D eigenvalue weighted by atomic mass is 10.1. The molecular formula is C14H18N2O3S. The van der Waals surface area contributed by atoms with Gasteiger partial charge >= 0.3 is 5.97 Å². The molecule has 1 aliphatic carbocycles. The van der Waals surface area contributed by atoms with Crippen molar-refractivity contribution in [3.63, 3.8) is 0 Å². The minimum atomic E-state index is -0.470. The SMILES string of the molecule is COC(=O)CC1(CSc2cc(C(N)=O)ccc2N)CC1. The molecule has 0 heterocycles. The van der Waals surface area contributed by atoms with Crippen molar-refractivity contribution in [1.82, 2.24) is 0 Å². The topological polar surface area (TPSA) is 95.4 Å². The van der Waals surface area contributed by atoms with Gasteiger partial charge in [-0.05, 0) is 36.5 Å². The van der Waals surface area contributed by atoms with Gasteiger partial charge in [0.25, 0.3) is 0 Å². The zero-order valence-corrected chi connectivity index (χ0v) is 12.2. The summed E-state index contributed by atoms with van der Waals surface area (Å²) in [5, 5.41) is 0. The monoisotopic (exact) mass is 294 g/mol. The third kappa shape index (κ3) is 3.45. The Bertz CT molecular complexity index is 541. The van der Waals surface area contributed by atoms with E-state index in [1.54, 1.807) is 30.0 Å². The van der Waals surface area contributed by atoms with Crippen molar-refractivity contribution in [3.8, 4) is 0 Å². The molecule has 0 saturated heterocycles. The van der Waals surface area contributed by atoms with Crippen LogP contribution in [0.1, 0.15) is 29.6 Å². The molecule has 0 aliphatic heterocycles. The minimum Gasteiger partial charge on any atom is -0.469 e. The van der Waals surface area contributed by atoms with Crippen LogP contribution in [0.15, 0.2) is 23.1 Å². The summed E-state index contributed by atoms with van der Waals surface area (Å²) in [7, 11) is 1.40. The molecule has 5 nitrogen and oxygen atoms in total. The zero-order chi connectivity index (χ0) is 14.8. The van der Waals surface area contributed by atoms with E-state index in [4.69, 9.17) is 16.2 Å². The van der Waals surface area contributed by atoms with Crippen LogP contribution in [0.2, 0.25) is 0 Å². The van der Waals surface area contributed by atoms with E-state index < -0.39 is 5.91 Å². The van der Waals surface area contributed by atoms with Crippen LogP contribution in [-0.2, 0) is 9.53 Å². The quantitative estimate of drug-likeness (QED) is 0.474. The highest BCUT2D eigenvalue weighted by molar-refractivity contribution is 7.99. The molecule has 1 saturated carbocycles.